The van der Waals surface area contributed by atoms with E-state index in [0.717, 1.165) is 45.7 Å². The van der Waals surface area contributed by atoms with Crippen LogP contribution in [0.5, 0.6) is 0 Å². The molecule has 1 fully saturated rings. The Morgan fingerprint density at radius 3 is 2.21 bits per heavy atom. The predicted octanol–water partition coefficient (Wildman–Crippen LogP) is 1.89. The van der Waals surface area contributed by atoms with Crippen LogP contribution in [0.15, 0.2) is 4.99 Å². The van der Waals surface area contributed by atoms with Crippen molar-refractivity contribution in [3.05, 3.63) is 0 Å². The molecule has 1 atom stereocenters. The molecule has 0 bridgehead atoms. The predicted molar refractivity (Wildman–Crippen MR) is 118 cm³/mol. The molecule has 2 N–H and O–H groups in total. The highest BCUT2D eigenvalue weighted by atomic mass is 32.2. The highest BCUT2D eigenvalue weighted by Gasteiger charge is 2.29. The van der Waals surface area contributed by atoms with Gasteiger partial charge in [0.2, 0.25) is 0 Å². The number of aliphatic imine (C=N–C) groups is 1. The Hall–Kier alpha value is -0.860. The Balaban J connectivity index is 2.77. The van der Waals surface area contributed by atoms with Gasteiger partial charge in [0.1, 0.15) is 0 Å². The normalized spacial score (nSPS) is 18.3. The van der Waals surface area contributed by atoms with Crippen molar-refractivity contribution in [1.29, 1.82) is 0 Å². The monoisotopic (exact) mass is 418 g/mol. The molecule has 0 spiro atoms. The summed E-state index contributed by atoms with van der Waals surface area (Å²) in [4.78, 5) is 7.30. The fourth-order valence-corrected chi connectivity index (χ4v) is 4.42. The number of nitrogens with one attached hydrogen (secondary N) is 2. The van der Waals surface area contributed by atoms with Crippen molar-refractivity contribution in [3.63, 3.8) is 0 Å². The maximum Gasteiger partial charge on any atom is 0.191 e. The first-order chi connectivity index (χ1) is 13.2. The molecule has 8 heteroatoms. The molecule has 1 heterocycles. The molecule has 1 rings (SSSR count). The highest BCUT2D eigenvalue weighted by molar-refractivity contribution is 7.92. The molecule has 166 valence electrons. The lowest BCUT2D eigenvalue weighted by atomic mass is 9.92. The van der Waals surface area contributed by atoms with E-state index >= 15 is 0 Å². The van der Waals surface area contributed by atoms with Crippen LogP contribution < -0.4 is 10.6 Å². The van der Waals surface area contributed by atoms with E-state index in [-0.39, 0.29) is 5.75 Å². The number of ether oxygens (including phenoxy) is 1. The number of guanidine groups is 1. The molecular weight excluding hydrogens is 376 g/mol. The summed E-state index contributed by atoms with van der Waals surface area (Å²) >= 11 is 0. The van der Waals surface area contributed by atoms with Gasteiger partial charge in [0.05, 0.1) is 30.3 Å². The van der Waals surface area contributed by atoms with Gasteiger partial charge in [-0.1, -0.05) is 26.7 Å². The molecule has 0 aliphatic carbocycles. The van der Waals surface area contributed by atoms with Gasteiger partial charge < -0.3 is 15.4 Å². The zero-order valence-electron chi connectivity index (χ0n) is 18.8. The molecule has 7 nitrogen and oxygen atoms in total. The van der Waals surface area contributed by atoms with E-state index in [9.17, 15) is 8.42 Å². The molecule has 0 amide bonds. The van der Waals surface area contributed by atoms with Crippen LogP contribution >= 0.6 is 0 Å². The molecule has 1 aliphatic rings. The van der Waals surface area contributed by atoms with E-state index in [2.05, 4.69) is 29.4 Å². The van der Waals surface area contributed by atoms with Crippen molar-refractivity contribution in [1.82, 2.24) is 15.5 Å². The summed E-state index contributed by atoms with van der Waals surface area (Å²) in [6.07, 6.45) is 2.25. The standard InChI is InChI=1S/C20H42N4O3S/c1-7-17(8-2)18(24-11-13-27-14-12-24)16-23-19(21-9-3)22-10-15-28(25,26)20(4,5)6/h17-18H,7-16H2,1-6H3,(H2,21,22,23). The fourth-order valence-electron chi connectivity index (χ4n) is 3.44. The first kappa shape index (κ1) is 25.2. The number of rotatable bonds is 10. The van der Waals surface area contributed by atoms with Gasteiger partial charge in [-0.15, -0.1) is 0 Å². The second-order valence-electron chi connectivity index (χ2n) is 8.37. The minimum absolute atomic E-state index is 0.0976. The topological polar surface area (TPSA) is 83.0 Å². The van der Waals surface area contributed by atoms with Crippen LogP contribution in [0.2, 0.25) is 0 Å². The lowest BCUT2D eigenvalue weighted by Crippen LogP contribution is -2.49. The Kier molecular flexibility index (Phi) is 10.8. The first-order valence-electron chi connectivity index (χ1n) is 10.7. The van der Waals surface area contributed by atoms with Gasteiger partial charge in [0.15, 0.2) is 15.8 Å². The third kappa shape index (κ3) is 7.87. The lowest BCUT2D eigenvalue weighted by Gasteiger charge is -2.38. The van der Waals surface area contributed by atoms with Crippen molar-refractivity contribution < 1.29 is 13.2 Å². The van der Waals surface area contributed by atoms with Gasteiger partial charge in [-0.3, -0.25) is 9.89 Å². The Bertz CT molecular complexity index is 562. The van der Waals surface area contributed by atoms with Crippen LogP contribution in [0.3, 0.4) is 0 Å². The molecule has 0 aromatic carbocycles. The Labute approximate surface area is 172 Å². The van der Waals surface area contributed by atoms with Gasteiger partial charge >= 0.3 is 0 Å². The highest BCUT2D eigenvalue weighted by Crippen LogP contribution is 2.20. The number of sulfone groups is 1. The zero-order chi connectivity index (χ0) is 21.2. The van der Waals surface area contributed by atoms with Crippen LogP contribution in [0.25, 0.3) is 0 Å². The van der Waals surface area contributed by atoms with Crippen LogP contribution in [0.4, 0.5) is 0 Å². The van der Waals surface area contributed by atoms with Gasteiger partial charge in [-0.2, -0.15) is 0 Å². The Morgan fingerprint density at radius 2 is 1.71 bits per heavy atom. The molecule has 1 saturated heterocycles. The molecular formula is C20H42N4O3S. The van der Waals surface area contributed by atoms with Gasteiger partial charge in [0, 0.05) is 32.2 Å². The molecule has 0 radical (unpaired) electrons. The number of nitrogens with zero attached hydrogens (tertiary/aromatic N) is 2. The van der Waals surface area contributed by atoms with E-state index in [4.69, 9.17) is 9.73 Å². The zero-order valence-corrected chi connectivity index (χ0v) is 19.6. The van der Waals surface area contributed by atoms with Crippen LogP contribution in [-0.2, 0) is 14.6 Å². The fraction of sp³-hybridized carbons (Fsp3) is 0.950. The molecule has 0 aromatic heterocycles. The van der Waals surface area contributed by atoms with Gasteiger partial charge in [-0.25, -0.2) is 8.42 Å². The van der Waals surface area contributed by atoms with Crippen molar-refractivity contribution in [2.75, 3.05) is 51.7 Å². The van der Waals surface area contributed by atoms with Gasteiger partial charge in [0.25, 0.3) is 0 Å². The number of hydrogen-bond donors (Lipinski definition) is 2. The van der Waals surface area contributed by atoms with Gasteiger partial charge in [-0.05, 0) is 33.6 Å². The minimum Gasteiger partial charge on any atom is -0.379 e. The minimum atomic E-state index is -3.15. The SMILES string of the molecule is CCNC(=NCC(C(CC)CC)N1CCOCC1)NCCS(=O)(=O)C(C)(C)C. The molecule has 1 unspecified atom stereocenters. The smallest absolute Gasteiger partial charge is 0.191 e. The summed E-state index contributed by atoms with van der Waals surface area (Å²) in [5.41, 5.74) is 0. The second-order valence-corrected chi connectivity index (χ2v) is 11.2. The molecule has 0 aromatic rings. The summed E-state index contributed by atoms with van der Waals surface area (Å²) in [5.74, 6) is 1.38. The Morgan fingerprint density at radius 1 is 1.11 bits per heavy atom. The summed E-state index contributed by atoms with van der Waals surface area (Å²) in [6.45, 7) is 17.0. The average molecular weight is 419 g/mol. The summed E-state index contributed by atoms with van der Waals surface area (Å²) in [7, 11) is -3.15. The maximum absolute atomic E-state index is 12.3. The van der Waals surface area contributed by atoms with Crippen LogP contribution in [0, 0.1) is 5.92 Å². The van der Waals surface area contributed by atoms with Crippen LogP contribution in [-0.4, -0.2) is 81.8 Å². The quantitative estimate of drug-likeness (QED) is 0.416. The van der Waals surface area contributed by atoms with Crippen molar-refractivity contribution >= 4 is 15.8 Å². The third-order valence-electron chi connectivity index (χ3n) is 5.48. The maximum atomic E-state index is 12.3. The van der Waals surface area contributed by atoms with Crippen molar-refractivity contribution in [3.8, 4) is 0 Å². The third-order valence-corrected chi connectivity index (χ3v) is 8.09. The first-order valence-corrected chi connectivity index (χ1v) is 12.4. The van der Waals surface area contributed by atoms with Crippen molar-refractivity contribution in [2.24, 2.45) is 10.9 Å². The van der Waals surface area contributed by atoms with Crippen molar-refractivity contribution in [2.45, 2.75) is 65.2 Å². The largest absolute Gasteiger partial charge is 0.379 e. The van der Waals surface area contributed by atoms with E-state index in [0.29, 0.717) is 31.0 Å². The molecule has 0 saturated carbocycles. The van der Waals surface area contributed by atoms with E-state index in [1.165, 1.54) is 0 Å². The summed E-state index contributed by atoms with van der Waals surface area (Å²) in [6, 6.07) is 0.382. The number of morpholine rings is 1. The molecule has 1 aliphatic heterocycles. The van der Waals surface area contributed by atoms with Crippen LogP contribution in [0.1, 0.15) is 54.4 Å². The number of hydrogen-bond acceptors (Lipinski definition) is 5. The summed E-state index contributed by atoms with van der Waals surface area (Å²) < 4.78 is 29.4. The van der Waals surface area contributed by atoms with E-state index in [1.807, 2.05) is 6.92 Å². The molecule has 28 heavy (non-hydrogen) atoms. The van der Waals surface area contributed by atoms with E-state index in [1.54, 1.807) is 20.8 Å². The summed E-state index contributed by atoms with van der Waals surface area (Å²) in [5, 5.41) is 6.44. The van der Waals surface area contributed by atoms with E-state index < -0.39 is 14.6 Å². The lowest BCUT2D eigenvalue weighted by molar-refractivity contribution is 0.00395. The second kappa shape index (κ2) is 12.0. The average Bonchev–Trinajstić information content (AvgIpc) is 2.64.